The van der Waals surface area contributed by atoms with E-state index in [1.807, 2.05) is 13.8 Å². The minimum absolute atomic E-state index is 0.0748. The Bertz CT molecular complexity index is 645. The van der Waals surface area contributed by atoms with Crippen molar-refractivity contribution in [3.8, 4) is 0 Å². The van der Waals surface area contributed by atoms with Crippen LogP contribution in [0, 0.1) is 13.8 Å². The van der Waals surface area contributed by atoms with Crippen LogP contribution in [-0.2, 0) is 4.74 Å². The monoisotopic (exact) mass is 334 g/mol. The smallest absolute Gasteiger partial charge is 0.254 e. The summed E-state index contributed by atoms with van der Waals surface area (Å²) in [6, 6.07) is 6.17. The van der Waals surface area contributed by atoms with E-state index in [0.717, 1.165) is 32.1 Å². The van der Waals surface area contributed by atoms with Gasteiger partial charge >= 0.3 is 0 Å². The van der Waals surface area contributed by atoms with Gasteiger partial charge in [-0.05, 0) is 31.4 Å². The Morgan fingerprint density at radius 1 is 1.39 bits per heavy atom. The number of furan rings is 1. The molecule has 0 bridgehead atoms. The molecule has 1 saturated heterocycles. The molecular weight excluding hydrogens is 312 g/mol. The molecule has 0 radical (unpaired) electrons. The van der Waals surface area contributed by atoms with E-state index in [-0.39, 0.29) is 11.9 Å². The van der Waals surface area contributed by atoms with E-state index in [9.17, 15) is 4.79 Å². The molecule has 124 valence electrons. The predicted molar refractivity (Wildman–Crippen MR) is 90.0 cm³/mol. The van der Waals surface area contributed by atoms with E-state index in [1.165, 1.54) is 4.88 Å². The lowest BCUT2D eigenvalue weighted by molar-refractivity contribution is 0.0169. The van der Waals surface area contributed by atoms with Crippen molar-refractivity contribution in [2.75, 3.05) is 32.8 Å². The van der Waals surface area contributed by atoms with Gasteiger partial charge in [0.05, 0.1) is 24.8 Å². The summed E-state index contributed by atoms with van der Waals surface area (Å²) in [6.07, 6.45) is 0. The average molecular weight is 334 g/mol. The largest absolute Gasteiger partial charge is 0.466 e. The highest BCUT2D eigenvalue weighted by Crippen LogP contribution is 2.25. The van der Waals surface area contributed by atoms with Gasteiger partial charge in [0, 0.05) is 24.5 Å². The van der Waals surface area contributed by atoms with E-state index >= 15 is 0 Å². The van der Waals surface area contributed by atoms with Crippen LogP contribution < -0.4 is 5.32 Å². The van der Waals surface area contributed by atoms with E-state index < -0.39 is 0 Å². The SMILES string of the molecule is Cc1cc(C(=O)NCC(c2cccs2)N2CCOCC2)c(C)o1. The average Bonchev–Trinajstić information content (AvgIpc) is 3.18. The molecule has 3 heterocycles. The van der Waals surface area contributed by atoms with Crippen molar-refractivity contribution in [3.63, 3.8) is 0 Å². The molecule has 1 atom stereocenters. The number of amides is 1. The number of hydrogen-bond acceptors (Lipinski definition) is 5. The molecule has 1 fully saturated rings. The van der Waals surface area contributed by atoms with Gasteiger partial charge in [-0.2, -0.15) is 0 Å². The second kappa shape index (κ2) is 7.29. The highest BCUT2D eigenvalue weighted by Gasteiger charge is 2.24. The fourth-order valence-electron chi connectivity index (χ4n) is 2.92. The van der Waals surface area contributed by atoms with Crippen molar-refractivity contribution in [1.82, 2.24) is 10.2 Å². The number of carbonyl (C=O) groups is 1. The number of morpholine rings is 1. The van der Waals surface area contributed by atoms with Gasteiger partial charge in [0.15, 0.2) is 0 Å². The first-order valence-electron chi connectivity index (χ1n) is 7.85. The molecule has 0 aromatic carbocycles. The number of aryl methyl sites for hydroxylation is 2. The van der Waals surface area contributed by atoms with Gasteiger partial charge < -0.3 is 14.5 Å². The molecule has 3 rings (SSSR count). The van der Waals surface area contributed by atoms with Gasteiger partial charge in [0.2, 0.25) is 0 Å². The Labute approximate surface area is 140 Å². The molecule has 6 heteroatoms. The van der Waals surface area contributed by atoms with E-state index in [0.29, 0.717) is 17.9 Å². The molecule has 1 aliphatic rings. The van der Waals surface area contributed by atoms with Crippen LogP contribution in [0.2, 0.25) is 0 Å². The predicted octanol–water partition coefficient (Wildman–Crippen LogP) is 2.76. The highest BCUT2D eigenvalue weighted by molar-refractivity contribution is 7.10. The van der Waals surface area contributed by atoms with Gasteiger partial charge in [0.1, 0.15) is 11.5 Å². The van der Waals surface area contributed by atoms with Crippen LogP contribution in [0.25, 0.3) is 0 Å². The molecule has 1 N–H and O–H groups in total. The topological polar surface area (TPSA) is 54.7 Å². The van der Waals surface area contributed by atoms with Crippen molar-refractivity contribution >= 4 is 17.2 Å². The van der Waals surface area contributed by atoms with Crippen molar-refractivity contribution < 1.29 is 13.9 Å². The van der Waals surface area contributed by atoms with Crippen LogP contribution in [0.1, 0.15) is 32.8 Å². The summed E-state index contributed by atoms with van der Waals surface area (Å²) in [5.74, 6) is 1.35. The lowest BCUT2D eigenvalue weighted by atomic mass is 10.1. The van der Waals surface area contributed by atoms with E-state index in [1.54, 1.807) is 17.4 Å². The minimum atomic E-state index is -0.0748. The minimum Gasteiger partial charge on any atom is -0.466 e. The summed E-state index contributed by atoms with van der Waals surface area (Å²) in [5.41, 5.74) is 0.620. The molecule has 5 nitrogen and oxygen atoms in total. The Kier molecular flexibility index (Phi) is 5.15. The molecule has 1 unspecified atom stereocenters. The third-order valence-electron chi connectivity index (χ3n) is 4.10. The number of thiophene rings is 1. The highest BCUT2D eigenvalue weighted by atomic mass is 32.1. The first-order chi connectivity index (χ1) is 11.1. The molecule has 2 aromatic rings. The quantitative estimate of drug-likeness (QED) is 0.913. The Hall–Kier alpha value is -1.63. The van der Waals surface area contributed by atoms with Crippen molar-refractivity contribution in [2.45, 2.75) is 19.9 Å². The number of ether oxygens (including phenoxy) is 1. The van der Waals surface area contributed by atoms with Crippen molar-refractivity contribution in [3.05, 3.63) is 45.5 Å². The lowest BCUT2D eigenvalue weighted by Crippen LogP contribution is -2.43. The van der Waals surface area contributed by atoms with Crippen LogP contribution >= 0.6 is 11.3 Å². The summed E-state index contributed by atoms with van der Waals surface area (Å²) < 4.78 is 10.9. The Morgan fingerprint density at radius 3 is 2.78 bits per heavy atom. The fourth-order valence-corrected chi connectivity index (χ4v) is 3.78. The van der Waals surface area contributed by atoms with Crippen LogP contribution in [0.15, 0.2) is 28.0 Å². The Morgan fingerprint density at radius 2 is 2.17 bits per heavy atom. The van der Waals surface area contributed by atoms with Gasteiger partial charge in [-0.15, -0.1) is 11.3 Å². The summed E-state index contributed by atoms with van der Waals surface area (Å²) >= 11 is 1.73. The molecule has 0 aliphatic carbocycles. The first kappa shape index (κ1) is 16.2. The maximum Gasteiger partial charge on any atom is 0.254 e. The van der Waals surface area contributed by atoms with Crippen LogP contribution in [-0.4, -0.2) is 43.7 Å². The Balaban J connectivity index is 1.69. The van der Waals surface area contributed by atoms with Crippen molar-refractivity contribution in [1.29, 1.82) is 0 Å². The number of carbonyl (C=O) groups excluding carboxylic acids is 1. The van der Waals surface area contributed by atoms with Crippen molar-refractivity contribution in [2.24, 2.45) is 0 Å². The first-order valence-corrected chi connectivity index (χ1v) is 8.73. The summed E-state index contributed by atoms with van der Waals surface area (Å²) in [5, 5.41) is 5.14. The van der Waals surface area contributed by atoms with E-state index in [4.69, 9.17) is 9.15 Å². The van der Waals surface area contributed by atoms with Gasteiger partial charge in [-0.25, -0.2) is 0 Å². The molecule has 0 spiro atoms. The van der Waals surface area contributed by atoms with Crippen LogP contribution in [0.4, 0.5) is 0 Å². The molecular formula is C17H22N2O3S. The lowest BCUT2D eigenvalue weighted by Gasteiger charge is -2.34. The van der Waals surface area contributed by atoms with Gasteiger partial charge in [0.25, 0.3) is 5.91 Å². The van der Waals surface area contributed by atoms with Crippen LogP contribution in [0.3, 0.4) is 0 Å². The molecule has 1 aliphatic heterocycles. The zero-order valence-corrected chi connectivity index (χ0v) is 14.3. The summed E-state index contributed by atoms with van der Waals surface area (Å²) in [4.78, 5) is 16.1. The molecule has 1 amide bonds. The number of hydrogen-bond donors (Lipinski definition) is 1. The van der Waals surface area contributed by atoms with Crippen LogP contribution in [0.5, 0.6) is 0 Å². The molecule has 2 aromatic heterocycles. The summed E-state index contributed by atoms with van der Waals surface area (Å²) in [6.45, 7) is 7.53. The van der Waals surface area contributed by atoms with Gasteiger partial charge in [-0.1, -0.05) is 6.07 Å². The third-order valence-corrected chi connectivity index (χ3v) is 5.07. The second-order valence-corrected chi connectivity index (χ2v) is 6.70. The number of rotatable bonds is 5. The normalized spacial score (nSPS) is 17.1. The number of nitrogens with one attached hydrogen (secondary N) is 1. The second-order valence-electron chi connectivity index (χ2n) is 5.72. The molecule has 0 saturated carbocycles. The maximum absolute atomic E-state index is 12.4. The standard InChI is InChI=1S/C17H22N2O3S/c1-12-10-14(13(2)22-12)17(20)18-11-15(16-4-3-9-23-16)19-5-7-21-8-6-19/h3-4,9-10,15H,5-8,11H2,1-2H3,(H,18,20). The third kappa shape index (κ3) is 3.83. The summed E-state index contributed by atoms with van der Waals surface area (Å²) in [7, 11) is 0. The zero-order valence-electron chi connectivity index (χ0n) is 13.5. The van der Waals surface area contributed by atoms with E-state index in [2.05, 4.69) is 27.7 Å². The maximum atomic E-state index is 12.4. The molecule has 23 heavy (non-hydrogen) atoms. The number of nitrogens with zero attached hydrogens (tertiary/aromatic N) is 1. The van der Waals surface area contributed by atoms with Gasteiger partial charge in [-0.3, -0.25) is 9.69 Å². The zero-order chi connectivity index (χ0) is 16.2. The fraction of sp³-hybridized carbons (Fsp3) is 0.471.